The summed E-state index contributed by atoms with van der Waals surface area (Å²) in [7, 11) is 5.88. The molecule has 9 heteroatoms. The number of ether oxygens (including phenoxy) is 4. The molecule has 0 aliphatic heterocycles. The van der Waals surface area contributed by atoms with Crippen LogP contribution in [0.1, 0.15) is 142 Å². The Kier molecular flexibility index (Phi) is 29.6. The van der Waals surface area contributed by atoms with Gasteiger partial charge >= 0.3 is 11.9 Å². The van der Waals surface area contributed by atoms with E-state index in [1.165, 1.54) is 44.9 Å². The molecule has 0 heterocycles. The monoisotopic (exact) mass is 668 g/mol. The second-order valence-electron chi connectivity index (χ2n) is 13.5. The Bertz CT molecular complexity index is 836. The molecule has 47 heavy (non-hydrogen) atoms. The van der Waals surface area contributed by atoms with Crippen LogP contribution in [-0.2, 0) is 33.3 Å². The minimum atomic E-state index is -1.62. The molecule has 0 rings (SSSR count). The van der Waals surface area contributed by atoms with E-state index in [1.807, 2.05) is 21.1 Å². The lowest BCUT2D eigenvalue weighted by Gasteiger charge is -2.26. The first kappa shape index (κ1) is 44.8. The lowest BCUT2D eigenvalue weighted by atomic mass is 10.1. The summed E-state index contributed by atoms with van der Waals surface area (Å²) in [6.45, 7) is 4.62. The maximum Gasteiger partial charge on any atom is 0.306 e. The zero-order valence-electron chi connectivity index (χ0n) is 30.6. The fraction of sp³-hybridized carbons (Fsp3) is 0.816. The maximum absolute atomic E-state index is 12.6. The first-order valence-corrected chi connectivity index (χ1v) is 18.5. The molecule has 9 nitrogen and oxygen atoms in total. The molecular weight excluding hydrogens is 598 g/mol. The molecule has 0 spiro atoms. The van der Waals surface area contributed by atoms with E-state index < -0.39 is 24.3 Å². The Labute approximate surface area is 287 Å². The third kappa shape index (κ3) is 32.1. The van der Waals surface area contributed by atoms with Crippen molar-refractivity contribution in [1.82, 2.24) is 0 Å². The maximum atomic E-state index is 12.6. The average molecular weight is 668 g/mol. The summed E-state index contributed by atoms with van der Waals surface area (Å²) in [5, 5.41) is 11.6. The highest BCUT2D eigenvalue weighted by Gasteiger charge is 2.21. The van der Waals surface area contributed by atoms with Crippen LogP contribution in [0.25, 0.3) is 0 Å². The van der Waals surface area contributed by atoms with E-state index in [0.717, 1.165) is 64.2 Å². The number of nitrogens with zero attached hydrogens (tertiary/aromatic N) is 1. The Morgan fingerprint density at radius 3 is 1.74 bits per heavy atom. The van der Waals surface area contributed by atoms with Gasteiger partial charge in [-0.15, -0.1) is 0 Å². The van der Waals surface area contributed by atoms with Gasteiger partial charge in [-0.1, -0.05) is 115 Å². The number of carbonyl (C=O) groups excluding carboxylic acids is 3. The van der Waals surface area contributed by atoms with E-state index in [0.29, 0.717) is 17.4 Å². The van der Waals surface area contributed by atoms with E-state index in [4.69, 9.17) is 18.9 Å². The quantitative estimate of drug-likeness (QED) is 0.0237. The smallest absolute Gasteiger partial charge is 0.306 e. The van der Waals surface area contributed by atoms with Crippen LogP contribution in [0, 0.1) is 0 Å². The number of carboxylic acids is 1. The molecule has 0 aromatic rings. The van der Waals surface area contributed by atoms with Gasteiger partial charge in [0, 0.05) is 12.8 Å². The van der Waals surface area contributed by atoms with Gasteiger partial charge in [-0.05, 0) is 38.5 Å². The predicted molar refractivity (Wildman–Crippen MR) is 186 cm³/mol. The number of hydrogen-bond donors (Lipinski definition) is 0. The largest absolute Gasteiger partial charge is 0.545 e. The molecule has 0 aromatic carbocycles. The Balaban J connectivity index is 4.57. The van der Waals surface area contributed by atoms with Crippen molar-refractivity contribution in [1.29, 1.82) is 0 Å². The van der Waals surface area contributed by atoms with E-state index >= 15 is 0 Å². The van der Waals surface area contributed by atoms with E-state index in [-0.39, 0.29) is 38.6 Å². The highest BCUT2D eigenvalue weighted by atomic mass is 16.7. The summed E-state index contributed by atoms with van der Waals surface area (Å²) in [6, 6.07) is 0. The minimum absolute atomic E-state index is 0.146. The van der Waals surface area contributed by atoms with Gasteiger partial charge in [0.05, 0.1) is 40.3 Å². The van der Waals surface area contributed by atoms with Gasteiger partial charge < -0.3 is 33.3 Å². The zero-order valence-corrected chi connectivity index (χ0v) is 30.6. The van der Waals surface area contributed by atoms with Crippen LogP contribution in [0.3, 0.4) is 0 Å². The highest BCUT2D eigenvalue weighted by Crippen LogP contribution is 2.12. The van der Waals surface area contributed by atoms with Gasteiger partial charge in [0.15, 0.2) is 12.4 Å². The molecule has 0 aliphatic rings. The summed E-state index contributed by atoms with van der Waals surface area (Å²) < 4.78 is 22.3. The van der Waals surface area contributed by atoms with Crippen molar-refractivity contribution >= 4 is 17.9 Å². The van der Waals surface area contributed by atoms with Crippen LogP contribution >= 0.6 is 0 Å². The van der Waals surface area contributed by atoms with Crippen LogP contribution in [0.15, 0.2) is 24.3 Å². The van der Waals surface area contributed by atoms with Crippen molar-refractivity contribution < 1.29 is 42.9 Å². The number of carbonyl (C=O) groups is 3. The predicted octanol–water partition coefficient (Wildman–Crippen LogP) is 7.21. The van der Waals surface area contributed by atoms with Crippen molar-refractivity contribution in [2.24, 2.45) is 0 Å². The number of likely N-dealkylation sites (N-methyl/N-ethyl adjacent to an activating group) is 1. The third-order valence-corrected chi connectivity index (χ3v) is 7.70. The molecular formula is C38H69NO8. The summed E-state index contributed by atoms with van der Waals surface area (Å²) in [5.74, 6) is -2.31. The van der Waals surface area contributed by atoms with Crippen molar-refractivity contribution in [3.8, 4) is 0 Å². The lowest BCUT2D eigenvalue weighted by Crippen LogP contribution is -2.44. The normalized spacial score (nSPS) is 13.3. The second-order valence-corrected chi connectivity index (χ2v) is 13.5. The van der Waals surface area contributed by atoms with Crippen LogP contribution in [0.4, 0.5) is 0 Å². The molecule has 0 amide bonds. The van der Waals surface area contributed by atoms with E-state index in [9.17, 15) is 19.5 Å². The minimum Gasteiger partial charge on any atom is -0.545 e. The van der Waals surface area contributed by atoms with Gasteiger partial charge in [-0.2, -0.15) is 0 Å². The second kappa shape index (κ2) is 31.1. The molecule has 0 bridgehead atoms. The van der Waals surface area contributed by atoms with Gasteiger partial charge in [-0.3, -0.25) is 9.59 Å². The number of quaternary nitrogens is 1. The van der Waals surface area contributed by atoms with Crippen LogP contribution in [0.2, 0.25) is 0 Å². The average Bonchev–Trinajstić information content (AvgIpc) is 3.02. The van der Waals surface area contributed by atoms with Crippen molar-refractivity contribution in [2.45, 2.75) is 155 Å². The third-order valence-electron chi connectivity index (χ3n) is 7.70. The first-order chi connectivity index (χ1) is 22.6. The number of aliphatic carboxylic acids is 1. The van der Waals surface area contributed by atoms with Crippen LogP contribution < -0.4 is 5.11 Å². The fourth-order valence-corrected chi connectivity index (χ4v) is 4.73. The van der Waals surface area contributed by atoms with Gasteiger partial charge in [0.25, 0.3) is 0 Å². The van der Waals surface area contributed by atoms with E-state index in [2.05, 4.69) is 38.2 Å². The Hall–Kier alpha value is -2.23. The number of rotatable bonds is 33. The molecule has 0 N–H and O–H groups in total. The molecule has 0 aliphatic carbocycles. The summed E-state index contributed by atoms with van der Waals surface area (Å²) >= 11 is 0. The molecule has 2 unspecified atom stereocenters. The van der Waals surface area contributed by atoms with Crippen molar-refractivity contribution in [3.63, 3.8) is 0 Å². The number of allylic oxidation sites excluding steroid dienone is 4. The fourth-order valence-electron chi connectivity index (χ4n) is 4.73. The number of hydrogen-bond acceptors (Lipinski definition) is 8. The Morgan fingerprint density at radius 1 is 0.638 bits per heavy atom. The molecule has 0 saturated heterocycles. The zero-order chi connectivity index (χ0) is 35.0. The van der Waals surface area contributed by atoms with Crippen LogP contribution in [0.5, 0.6) is 0 Å². The molecule has 0 fully saturated rings. The molecule has 0 radical (unpaired) electrons. The number of unbranched alkanes of at least 4 members (excludes halogenated alkanes) is 14. The molecule has 274 valence electrons. The van der Waals surface area contributed by atoms with Gasteiger partial charge in [0.1, 0.15) is 13.2 Å². The SMILES string of the molecule is CCCC/C=C\C/C=C\CCCCCCCC(=O)OC(COC(=O)CCCCCCCCCC)COC(OCC[N+](C)(C)C)C(=O)[O-]. The van der Waals surface area contributed by atoms with E-state index in [1.54, 1.807) is 0 Å². The summed E-state index contributed by atoms with van der Waals surface area (Å²) in [6.07, 6.45) is 26.5. The topological polar surface area (TPSA) is 111 Å². The summed E-state index contributed by atoms with van der Waals surface area (Å²) in [4.78, 5) is 36.6. The number of esters is 2. The molecule has 2 atom stereocenters. The first-order valence-electron chi connectivity index (χ1n) is 18.5. The van der Waals surface area contributed by atoms with Crippen molar-refractivity contribution in [2.75, 3.05) is 47.5 Å². The van der Waals surface area contributed by atoms with Crippen LogP contribution in [-0.4, -0.2) is 82.3 Å². The Morgan fingerprint density at radius 2 is 1.17 bits per heavy atom. The highest BCUT2D eigenvalue weighted by molar-refractivity contribution is 5.70. The lowest BCUT2D eigenvalue weighted by molar-refractivity contribution is -0.870. The summed E-state index contributed by atoms with van der Waals surface area (Å²) in [5.41, 5.74) is 0. The van der Waals surface area contributed by atoms with Gasteiger partial charge in [-0.25, -0.2) is 0 Å². The molecule has 0 aromatic heterocycles. The number of carboxylic acid groups (broad SMARTS) is 1. The van der Waals surface area contributed by atoms with Crippen molar-refractivity contribution in [3.05, 3.63) is 24.3 Å². The molecule has 0 saturated carbocycles. The van der Waals surface area contributed by atoms with Gasteiger partial charge in [0.2, 0.25) is 0 Å². The standard InChI is InChI=1S/C38H69NO8/c1-6-8-10-12-14-16-17-18-19-20-21-23-25-27-29-36(41)47-34(33-46-38(37(42)43)44-31-30-39(3,4)5)32-45-35(40)28-26-24-22-15-13-11-9-7-2/h12,14,17-18,34,38H,6-11,13,15-16,19-33H2,1-5H3/b14-12-,18-17-.